The molecule has 2 N–H and O–H groups in total. The van der Waals surface area contributed by atoms with E-state index in [9.17, 15) is 23.1 Å². The molecular weight excluding hydrogens is 375 g/mol. The molecule has 0 spiro atoms. The standard InChI is InChI=1S/C19H14F3N3O3/c20-19(21,22)28-14-6-4-12(5-7-14)25-10-23-17-15(9-16(27)24-18(17)25)11-2-1-3-13(26)8-11/h1-8,10,15,26H,9H2,(H,24,27)/t15-/m0/s1. The quantitative estimate of drug-likeness (QED) is 0.711. The summed E-state index contributed by atoms with van der Waals surface area (Å²) in [5.74, 6) is -0.379. The summed E-state index contributed by atoms with van der Waals surface area (Å²) in [6.07, 6.45) is -3.10. The first-order valence-electron chi connectivity index (χ1n) is 8.32. The minimum absolute atomic E-state index is 0.0877. The number of carbonyl (C=O) groups is 1. The molecule has 9 heteroatoms. The lowest BCUT2D eigenvalue weighted by molar-refractivity contribution is -0.274. The molecule has 3 aromatic rings. The van der Waals surface area contributed by atoms with Gasteiger partial charge in [-0.05, 0) is 42.0 Å². The molecule has 1 aromatic heterocycles. The largest absolute Gasteiger partial charge is 0.573 e. The number of aromatic nitrogens is 2. The van der Waals surface area contributed by atoms with Crippen LogP contribution in [0.15, 0.2) is 54.9 Å². The van der Waals surface area contributed by atoms with Crippen molar-refractivity contribution in [2.45, 2.75) is 18.7 Å². The van der Waals surface area contributed by atoms with Gasteiger partial charge in [0, 0.05) is 18.0 Å². The zero-order chi connectivity index (χ0) is 19.9. The maximum atomic E-state index is 12.3. The number of amides is 1. The van der Waals surface area contributed by atoms with E-state index in [2.05, 4.69) is 15.0 Å². The second-order valence-corrected chi connectivity index (χ2v) is 6.29. The van der Waals surface area contributed by atoms with Gasteiger partial charge in [-0.25, -0.2) is 4.98 Å². The minimum atomic E-state index is -4.77. The molecule has 1 aliphatic heterocycles. The number of ether oxygens (including phenoxy) is 1. The van der Waals surface area contributed by atoms with E-state index in [1.54, 1.807) is 22.8 Å². The summed E-state index contributed by atoms with van der Waals surface area (Å²) < 4.78 is 42.4. The molecule has 2 aromatic carbocycles. The predicted molar refractivity (Wildman–Crippen MR) is 93.4 cm³/mol. The van der Waals surface area contributed by atoms with E-state index < -0.39 is 6.36 Å². The molecular formula is C19H14F3N3O3. The summed E-state index contributed by atoms with van der Waals surface area (Å²) in [7, 11) is 0. The summed E-state index contributed by atoms with van der Waals surface area (Å²) in [5.41, 5.74) is 1.87. The molecule has 6 nitrogen and oxygen atoms in total. The van der Waals surface area contributed by atoms with E-state index in [1.165, 1.54) is 36.7 Å². The zero-order valence-electron chi connectivity index (χ0n) is 14.3. The highest BCUT2D eigenvalue weighted by molar-refractivity contribution is 5.94. The predicted octanol–water partition coefficient (Wildman–Crippen LogP) is 3.95. The Balaban J connectivity index is 1.69. The van der Waals surface area contributed by atoms with Crippen molar-refractivity contribution in [3.8, 4) is 17.2 Å². The lowest BCUT2D eigenvalue weighted by atomic mass is 9.90. The molecule has 28 heavy (non-hydrogen) atoms. The van der Waals surface area contributed by atoms with Crippen molar-refractivity contribution in [2.24, 2.45) is 0 Å². The SMILES string of the molecule is O=C1C[C@@H](c2cccc(O)c2)c2ncn(-c3ccc(OC(F)(F)F)cc3)c2N1. The van der Waals surface area contributed by atoms with E-state index in [-0.39, 0.29) is 29.7 Å². The monoisotopic (exact) mass is 389 g/mol. The highest BCUT2D eigenvalue weighted by Gasteiger charge is 2.32. The number of fused-ring (bicyclic) bond motifs is 1. The summed E-state index contributed by atoms with van der Waals surface area (Å²) in [5, 5.41) is 12.5. The molecule has 1 aliphatic rings. The Hall–Kier alpha value is -3.49. The van der Waals surface area contributed by atoms with E-state index >= 15 is 0 Å². The van der Waals surface area contributed by atoms with Crippen LogP contribution < -0.4 is 10.1 Å². The van der Waals surface area contributed by atoms with Gasteiger partial charge in [0.2, 0.25) is 5.91 Å². The summed E-state index contributed by atoms with van der Waals surface area (Å²) >= 11 is 0. The van der Waals surface area contributed by atoms with Gasteiger partial charge in [-0.3, -0.25) is 9.36 Å². The third kappa shape index (κ3) is 3.51. The number of imidazole rings is 1. The van der Waals surface area contributed by atoms with Crippen LogP contribution in [-0.2, 0) is 4.79 Å². The first-order valence-corrected chi connectivity index (χ1v) is 8.32. The number of phenols is 1. The smallest absolute Gasteiger partial charge is 0.508 e. The van der Waals surface area contributed by atoms with Gasteiger partial charge in [-0.15, -0.1) is 13.2 Å². The Morgan fingerprint density at radius 2 is 1.93 bits per heavy atom. The molecule has 1 amide bonds. The van der Waals surface area contributed by atoms with Crippen LogP contribution in [0.1, 0.15) is 23.6 Å². The molecule has 2 heterocycles. The number of hydrogen-bond donors (Lipinski definition) is 2. The van der Waals surface area contributed by atoms with Crippen molar-refractivity contribution in [3.63, 3.8) is 0 Å². The third-order valence-corrected chi connectivity index (χ3v) is 4.39. The molecule has 0 radical (unpaired) electrons. The van der Waals surface area contributed by atoms with Gasteiger partial charge in [-0.1, -0.05) is 12.1 Å². The number of nitrogens with zero attached hydrogens (tertiary/aromatic N) is 2. The number of phenolic OH excluding ortho intramolecular Hbond substituents is 1. The molecule has 0 fully saturated rings. The van der Waals surface area contributed by atoms with Gasteiger partial charge in [0.1, 0.15) is 23.6 Å². The van der Waals surface area contributed by atoms with Gasteiger partial charge in [0.15, 0.2) is 0 Å². The second-order valence-electron chi connectivity index (χ2n) is 6.29. The number of halogens is 3. The van der Waals surface area contributed by atoms with Crippen LogP contribution in [0.4, 0.5) is 19.0 Å². The number of aromatic hydroxyl groups is 1. The number of benzene rings is 2. The Bertz CT molecular complexity index is 1030. The normalized spacial score (nSPS) is 16.4. The number of nitrogens with one attached hydrogen (secondary N) is 1. The van der Waals surface area contributed by atoms with Crippen molar-refractivity contribution in [1.29, 1.82) is 0 Å². The molecule has 144 valence electrons. The number of hydrogen-bond acceptors (Lipinski definition) is 4. The number of rotatable bonds is 3. The maximum Gasteiger partial charge on any atom is 0.573 e. The molecule has 4 rings (SSSR count). The molecule has 0 saturated carbocycles. The molecule has 0 bridgehead atoms. The Morgan fingerprint density at radius 1 is 1.18 bits per heavy atom. The molecule has 0 unspecified atom stereocenters. The van der Waals surface area contributed by atoms with Crippen LogP contribution >= 0.6 is 0 Å². The highest BCUT2D eigenvalue weighted by Crippen LogP contribution is 2.38. The highest BCUT2D eigenvalue weighted by atomic mass is 19.4. The van der Waals surface area contributed by atoms with Crippen molar-refractivity contribution < 1.29 is 27.8 Å². The first kappa shape index (κ1) is 17.9. The van der Waals surface area contributed by atoms with Crippen LogP contribution in [0.3, 0.4) is 0 Å². The van der Waals surface area contributed by atoms with Crippen LogP contribution in [0.25, 0.3) is 5.69 Å². The fourth-order valence-corrected chi connectivity index (χ4v) is 3.23. The van der Waals surface area contributed by atoms with Crippen LogP contribution in [-0.4, -0.2) is 26.9 Å². The van der Waals surface area contributed by atoms with Gasteiger partial charge in [0.25, 0.3) is 0 Å². The molecule has 1 atom stereocenters. The van der Waals surface area contributed by atoms with Crippen molar-refractivity contribution in [3.05, 3.63) is 66.1 Å². The van der Waals surface area contributed by atoms with Crippen LogP contribution in [0.5, 0.6) is 11.5 Å². The van der Waals surface area contributed by atoms with Crippen molar-refractivity contribution in [2.75, 3.05) is 5.32 Å². The van der Waals surface area contributed by atoms with E-state index in [0.29, 0.717) is 17.2 Å². The third-order valence-electron chi connectivity index (χ3n) is 4.39. The van der Waals surface area contributed by atoms with E-state index in [4.69, 9.17) is 0 Å². The van der Waals surface area contributed by atoms with Gasteiger partial charge in [-0.2, -0.15) is 0 Å². The van der Waals surface area contributed by atoms with Gasteiger partial charge in [0.05, 0.1) is 5.69 Å². The average Bonchev–Trinajstić information content (AvgIpc) is 3.04. The second kappa shape index (κ2) is 6.59. The van der Waals surface area contributed by atoms with Gasteiger partial charge >= 0.3 is 6.36 Å². The summed E-state index contributed by atoms with van der Waals surface area (Å²) in [6.45, 7) is 0. The van der Waals surface area contributed by atoms with Crippen molar-refractivity contribution >= 4 is 11.7 Å². The molecule has 0 aliphatic carbocycles. The fraction of sp³-hybridized carbons (Fsp3) is 0.158. The van der Waals surface area contributed by atoms with Crippen LogP contribution in [0, 0.1) is 0 Å². The lowest BCUT2D eigenvalue weighted by Crippen LogP contribution is -2.24. The first-order chi connectivity index (χ1) is 13.3. The Kier molecular flexibility index (Phi) is 4.21. The maximum absolute atomic E-state index is 12.3. The van der Waals surface area contributed by atoms with Gasteiger partial charge < -0.3 is 15.2 Å². The van der Waals surface area contributed by atoms with Crippen molar-refractivity contribution in [1.82, 2.24) is 9.55 Å². The molecule has 0 saturated heterocycles. The summed E-state index contributed by atoms with van der Waals surface area (Å²) in [6, 6.07) is 11.9. The fourth-order valence-electron chi connectivity index (χ4n) is 3.23. The lowest BCUT2D eigenvalue weighted by Gasteiger charge is -2.23. The van der Waals surface area contributed by atoms with E-state index in [0.717, 1.165) is 5.56 Å². The Labute approximate surface area is 157 Å². The average molecular weight is 389 g/mol. The number of anilines is 1. The number of alkyl halides is 3. The summed E-state index contributed by atoms with van der Waals surface area (Å²) in [4.78, 5) is 16.6. The minimum Gasteiger partial charge on any atom is -0.508 e. The van der Waals surface area contributed by atoms with E-state index in [1.807, 2.05) is 0 Å². The zero-order valence-corrected chi connectivity index (χ0v) is 14.3. The number of carbonyl (C=O) groups excluding carboxylic acids is 1. The Morgan fingerprint density at radius 3 is 2.61 bits per heavy atom. The topological polar surface area (TPSA) is 76.4 Å². The van der Waals surface area contributed by atoms with Crippen LogP contribution in [0.2, 0.25) is 0 Å².